The molecular weight excluding hydrogens is 592 g/mol. The number of aliphatic hydroxyl groups is 2. The Morgan fingerprint density at radius 1 is 0.732 bits per heavy atom. The van der Waals surface area contributed by atoms with E-state index < -0.39 is 93.3 Å². The molecule has 3 rings (SSSR count). The van der Waals surface area contributed by atoms with E-state index in [9.17, 15) is 62.9 Å². The minimum atomic E-state index is -5.53. The average molecular weight is 604 g/mol. The number of benzene rings is 2. The summed E-state index contributed by atoms with van der Waals surface area (Å²) in [5, 5.41) is 43.0. The van der Waals surface area contributed by atoms with Crippen molar-refractivity contribution in [1.82, 2.24) is 0 Å². The summed E-state index contributed by atoms with van der Waals surface area (Å²) in [7, 11) is 0. The largest absolute Gasteiger partial charge is 0.417 e. The summed E-state index contributed by atoms with van der Waals surface area (Å²) in [6, 6.07) is 1.63. The Balaban J connectivity index is 2.18. The Bertz CT molecular complexity index is 1410. The molecule has 3 unspecified atom stereocenters. The van der Waals surface area contributed by atoms with Gasteiger partial charge in [0.1, 0.15) is 12.1 Å². The maximum Gasteiger partial charge on any atom is 0.417 e. The quantitative estimate of drug-likeness (QED) is 0.397. The summed E-state index contributed by atoms with van der Waals surface area (Å²) in [5.41, 5.74) is -14.8. The van der Waals surface area contributed by atoms with Crippen LogP contribution in [0.5, 0.6) is 0 Å². The highest BCUT2D eigenvalue weighted by molar-refractivity contribution is 5.89. The molecule has 0 bridgehead atoms. The number of alkyl halides is 12. The van der Waals surface area contributed by atoms with Crippen LogP contribution in [0.15, 0.2) is 29.4 Å². The molecule has 6 nitrogen and oxygen atoms in total. The van der Waals surface area contributed by atoms with Crippen LogP contribution in [0.3, 0.4) is 0 Å². The Morgan fingerprint density at radius 2 is 1.07 bits per heavy atom. The topological polar surface area (TPSA) is 104 Å². The van der Waals surface area contributed by atoms with Gasteiger partial charge in [-0.05, 0) is 36.8 Å². The molecule has 2 aromatic rings. The molecule has 0 aliphatic carbocycles. The number of halogens is 12. The number of nitriles is 2. The van der Waals surface area contributed by atoms with Crippen molar-refractivity contribution in [2.75, 3.05) is 5.01 Å². The average Bonchev–Trinajstić information content (AvgIpc) is 3.13. The highest BCUT2D eigenvalue weighted by Gasteiger charge is 2.47. The molecule has 220 valence electrons. The third-order valence-electron chi connectivity index (χ3n) is 5.99. The fourth-order valence-corrected chi connectivity index (χ4v) is 4.20. The van der Waals surface area contributed by atoms with Crippen LogP contribution in [0, 0.1) is 28.6 Å². The van der Waals surface area contributed by atoms with Crippen LogP contribution in [0.2, 0.25) is 0 Å². The van der Waals surface area contributed by atoms with Gasteiger partial charge in [0, 0.05) is 5.71 Å². The molecule has 1 aliphatic heterocycles. The van der Waals surface area contributed by atoms with Gasteiger partial charge in [-0.3, -0.25) is 0 Å². The predicted octanol–water partition coefficient (Wildman–Crippen LogP) is 6.37. The van der Waals surface area contributed by atoms with E-state index in [0.29, 0.717) is 0 Å². The maximum atomic E-state index is 13.5. The van der Waals surface area contributed by atoms with Crippen LogP contribution in [0.4, 0.5) is 58.4 Å². The highest BCUT2D eigenvalue weighted by atomic mass is 19.4. The summed E-state index contributed by atoms with van der Waals surface area (Å²) >= 11 is 0. The van der Waals surface area contributed by atoms with E-state index in [1.165, 1.54) is 0 Å². The number of hydrazone groups is 1. The van der Waals surface area contributed by atoms with E-state index in [1.54, 1.807) is 0 Å². The van der Waals surface area contributed by atoms with Gasteiger partial charge in [0.25, 0.3) is 0 Å². The smallest absolute Gasteiger partial charge is 0.388 e. The second kappa shape index (κ2) is 10.1. The standard InChI is InChI=1S/C23H12F12N4O2/c1-8-17(18(40)9-2-13(20(24,25)26)11(6-36)14(3-9)21(27,28)29)19(41)39(38-8)10-4-15(22(30,31)32)12(7-37)16(5-10)23(33,34)35/h2-5,17-19,40-41H,1H3. The first-order chi connectivity index (χ1) is 18.5. The molecule has 0 saturated heterocycles. The number of aliphatic hydroxyl groups excluding tert-OH is 2. The minimum Gasteiger partial charge on any atom is -0.388 e. The van der Waals surface area contributed by atoms with Crippen LogP contribution >= 0.6 is 0 Å². The number of hydrogen-bond donors (Lipinski definition) is 2. The van der Waals surface area contributed by atoms with Crippen LogP contribution in [0.25, 0.3) is 0 Å². The highest BCUT2D eigenvalue weighted by Crippen LogP contribution is 2.46. The third-order valence-corrected chi connectivity index (χ3v) is 5.99. The molecule has 2 aromatic carbocycles. The SMILES string of the molecule is CC1=NN(c2cc(C(F)(F)F)c(C#N)c(C(F)(F)F)c2)C(O)C1C(O)c1cc(C(F)(F)F)c(C#N)c(C(F)(F)F)c1. The van der Waals surface area contributed by atoms with Crippen LogP contribution in [0.1, 0.15) is 52.0 Å². The zero-order valence-electron chi connectivity index (χ0n) is 19.8. The second-order valence-corrected chi connectivity index (χ2v) is 8.59. The van der Waals surface area contributed by atoms with Crippen molar-refractivity contribution in [3.8, 4) is 12.1 Å². The van der Waals surface area contributed by atoms with Gasteiger partial charge in [-0.1, -0.05) is 0 Å². The van der Waals surface area contributed by atoms with Crippen LogP contribution in [-0.2, 0) is 24.7 Å². The van der Waals surface area contributed by atoms with Gasteiger partial charge >= 0.3 is 24.7 Å². The first kappa shape index (κ1) is 31.5. The summed E-state index contributed by atoms with van der Waals surface area (Å²) < 4.78 is 162. The van der Waals surface area contributed by atoms with Crippen LogP contribution < -0.4 is 5.01 Å². The summed E-state index contributed by atoms with van der Waals surface area (Å²) in [4.78, 5) is 0. The molecule has 1 heterocycles. The lowest BCUT2D eigenvalue weighted by Crippen LogP contribution is -2.37. The molecule has 41 heavy (non-hydrogen) atoms. The Kier molecular flexibility index (Phi) is 7.76. The van der Waals surface area contributed by atoms with E-state index in [-0.39, 0.29) is 29.3 Å². The Hall–Kier alpha value is -4.03. The van der Waals surface area contributed by atoms with Crippen LogP contribution in [-0.4, -0.2) is 22.2 Å². The van der Waals surface area contributed by atoms with E-state index in [4.69, 9.17) is 10.5 Å². The van der Waals surface area contributed by atoms with Crippen molar-refractivity contribution in [3.63, 3.8) is 0 Å². The molecule has 1 aliphatic rings. The summed E-state index contributed by atoms with van der Waals surface area (Å²) in [6.07, 6.45) is -27.0. The van der Waals surface area contributed by atoms with Crippen molar-refractivity contribution < 1.29 is 62.9 Å². The lowest BCUT2D eigenvalue weighted by molar-refractivity contribution is -0.145. The molecule has 0 amide bonds. The van der Waals surface area contributed by atoms with Crippen molar-refractivity contribution in [3.05, 3.63) is 63.2 Å². The van der Waals surface area contributed by atoms with Crippen molar-refractivity contribution >= 4 is 11.4 Å². The zero-order chi connectivity index (χ0) is 31.5. The molecular formula is C23H12F12N4O2. The molecule has 2 N–H and O–H groups in total. The normalized spacial score (nSPS) is 19.0. The van der Waals surface area contributed by atoms with Gasteiger partial charge in [0.2, 0.25) is 0 Å². The molecule has 0 aromatic heterocycles. The molecule has 0 radical (unpaired) electrons. The summed E-state index contributed by atoms with van der Waals surface area (Å²) in [6.45, 7) is 0.940. The second-order valence-electron chi connectivity index (χ2n) is 8.59. The Morgan fingerprint density at radius 3 is 1.39 bits per heavy atom. The number of nitrogens with zero attached hydrogens (tertiary/aromatic N) is 4. The van der Waals surface area contributed by atoms with Gasteiger partial charge < -0.3 is 10.2 Å². The van der Waals surface area contributed by atoms with Crippen molar-refractivity contribution in [1.29, 1.82) is 10.5 Å². The van der Waals surface area contributed by atoms with Gasteiger partial charge in [0.15, 0.2) is 6.23 Å². The lowest BCUT2D eigenvalue weighted by Gasteiger charge is -2.28. The molecule has 3 atom stereocenters. The number of anilines is 1. The molecule has 0 fully saturated rings. The minimum absolute atomic E-state index is 0.00759. The predicted molar refractivity (Wildman–Crippen MR) is 112 cm³/mol. The molecule has 0 saturated carbocycles. The van der Waals surface area contributed by atoms with Gasteiger partial charge in [-0.2, -0.15) is 68.3 Å². The Labute approximate surface area is 220 Å². The van der Waals surface area contributed by atoms with E-state index in [2.05, 4.69) is 5.10 Å². The van der Waals surface area contributed by atoms with Crippen molar-refractivity contribution in [2.45, 2.75) is 44.0 Å². The monoisotopic (exact) mass is 604 g/mol. The number of rotatable bonds is 3. The first-order valence-corrected chi connectivity index (χ1v) is 10.7. The number of hydrogen-bond acceptors (Lipinski definition) is 6. The first-order valence-electron chi connectivity index (χ1n) is 10.7. The van der Waals surface area contributed by atoms with Crippen molar-refractivity contribution in [2.24, 2.45) is 11.0 Å². The maximum absolute atomic E-state index is 13.5. The van der Waals surface area contributed by atoms with E-state index in [1.807, 2.05) is 0 Å². The fraction of sp³-hybridized carbons (Fsp3) is 0.348. The third kappa shape index (κ3) is 5.89. The van der Waals surface area contributed by atoms with E-state index >= 15 is 0 Å². The van der Waals surface area contributed by atoms with Gasteiger partial charge in [-0.15, -0.1) is 0 Å². The van der Waals surface area contributed by atoms with E-state index in [0.717, 1.165) is 19.1 Å². The molecule has 18 heteroatoms. The van der Waals surface area contributed by atoms with Gasteiger partial charge in [0.05, 0.1) is 51.1 Å². The molecule has 0 spiro atoms. The fourth-order valence-electron chi connectivity index (χ4n) is 4.20. The lowest BCUT2D eigenvalue weighted by atomic mass is 9.87. The zero-order valence-corrected chi connectivity index (χ0v) is 19.8. The summed E-state index contributed by atoms with van der Waals surface area (Å²) in [5.74, 6) is -1.98. The van der Waals surface area contributed by atoms with Gasteiger partial charge in [-0.25, -0.2) is 5.01 Å².